The van der Waals surface area contributed by atoms with Gasteiger partial charge in [0, 0.05) is 12.5 Å². The molecule has 6 heteroatoms. The van der Waals surface area contributed by atoms with Gasteiger partial charge in [-0.05, 0) is 107 Å². The molecule has 2 nitrogen and oxygen atoms in total. The van der Waals surface area contributed by atoms with Crippen molar-refractivity contribution in [3.8, 4) is 5.75 Å². The Balaban J connectivity index is 0. The number of benzene rings is 3. The minimum absolute atomic E-state index is 0.104. The maximum absolute atomic E-state index is 12.6. The standard InChI is InChI=1S/C13H18O2.C9H11F.C9H20.C8H10.C2H3F3/c1-4-5-8-15-12-6-7-13(11(3)14)10(2)9-12;1-3-8-4-5-9(10)7(2)6-8;1-5-7-9(3,4)8-6-2;1-7-3-5-8(2)6-4-7;1-2(3,4)5/h6-7,9H,4-5,8H2,1-3H3;4-6H,3H2,1-2H3;5-8H2,1-4H3;3-6H,1-2H3;1H3. The molecule has 0 unspecified atom stereocenters. The predicted octanol–water partition coefficient (Wildman–Crippen LogP) is 13.6. The molecule has 0 amide bonds. The summed E-state index contributed by atoms with van der Waals surface area (Å²) in [6, 6.07) is 19.3. The average Bonchev–Trinajstić information content (AvgIpc) is 2.96. The molecule has 3 rings (SSSR count). The van der Waals surface area contributed by atoms with Gasteiger partial charge < -0.3 is 4.74 Å². The Morgan fingerprint density at radius 2 is 1.19 bits per heavy atom. The van der Waals surface area contributed by atoms with Crippen LogP contribution in [0.15, 0.2) is 60.7 Å². The highest BCUT2D eigenvalue weighted by atomic mass is 19.4. The third-order valence-corrected chi connectivity index (χ3v) is 7.05. The normalized spacial score (nSPS) is 10.5. The molecule has 0 bridgehead atoms. The van der Waals surface area contributed by atoms with Gasteiger partial charge in [0.05, 0.1) is 6.61 Å². The van der Waals surface area contributed by atoms with Gasteiger partial charge in [0.1, 0.15) is 11.6 Å². The van der Waals surface area contributed by atoms with E-state index in [1.165, 1.54) is 48.4 Å². The van der Waals surface area contributed by atoms with Crippen LogP contribution in [0.1, 0.15) is 132 Å². The van der Waals surface area contributed by atoms with E-state index in [-0.39, 0.29) is 18.5 Å². The number of ether oxygens (including phenoxy) is 1. The second-order valence-corrected chi connectivity index (χ2v) is 12.8. The van der Waals surface area contributed by atoms with Gasteiger partial charge in [0.15, 0.2) is 5.78 Å². The Morgan fingerprint density at radius 1 is 0.702 bits per heavy atom. The van der Waals surface area contributed by atoms with Crippen LogP contribution in [0.5, 0.6) is 5.75 Å². The highest BCUT2D eigenvalue weighted by Crippen LogP contribution is 2.27. The van der Waals surface area contributed by atoms with Gasteiger partial charge in [0.25, 0.3) is 0 Å². The van der Waals surface area contributed by atoms with Crippen LogP contribution in [0, 0.1) is 38.9 Å². The lowest BCUT2D eigenvalue weighted by Crippen LogP contribution is -2.09. The molecule has 0 aliphatic rings. The number of Topliss-reactive ketones (excluding diaryl/α,β-unsaturated/α-hetero) is 1. The van der Waals surface area contributed by atoms with E-state index in [0.717, 1.165) is 48.3 Å². The van der Waals surface area contributed by atoms with Crippen LogP contribution in [-0.2, 0) is 6.42 Å². The van der Waals surface area contributed by atoms with Gasteiger partial charge in [-0.15, -0.1) is 0 Å². The van der Waals surface area contributed by atoms with Gasteiger partial charge in [-0.1, -0.05) is 108 Å². The molecule has 0 fully saturated rings. The van der Waals surface area contributed by atoms with E-state index in [9.17, 15) is 22.4 Å². The maximum atomic E-state index is 12.6. The number of hydrogen-bond donors (Lipinski definition) is 0. The first kappa shape index (κ1) is 46.0. The topological polar surface area (TPSA) is 26.3 Å². The van der Waals surface area contributed by atoms with E-state index >= 15 is 0 Å². The van der Waals surface area contributed by atoms with Gasteiger partial charge in [-0.2, -0.15) is 13.2 Å². The van der Waals surface area contributed by atoms with Gasteiger partial charge in [-0.3, -0.25) is 4.79 Å². The lowest BCUT2D eigenvalue weighted by molar-refractivity contribution is -0.110. The molecule has 47 heavy (non-hydrogen) atoms. The molecule has 0 radical (unpaired) electrons. The number of carbonyl (C=O) groups is 1. The summed E-state index contributed by atoms with van der Waals surface area (Å²) in [6.07, 6.45) is 4.57. The van der Waals surface area contributed by atoms with Crippen molar-refractivity contribution in [1.82, 2.24) is 0 Å². The molecule has 0 atom stereocenters. The second kappa shape index (κ2) is 24.9. The van der Waals surface area contributed by atoms with E-state index in [1.807, 2.05) is 37.3 Å². The molecule has 0 N–H and O–H groups in total. The summed E-state index contributed by atoms with van der Waals surface area (Å²) in [5.41, 5.74) is 6.95. The van der Waals surface area contributed by atoms with Gasteiger partial charge >= 0.3 is 6.18 Å². The molecular formula is C41H62F4O2. The highest BCUT2D eigenvalue weighted by molar-refractivity contribution is 5.95. The number of carbonyl (C=O) groups excluding carboxylic acids is 1. The Morgan fingerprint density at radius 3 is 1.55 bits per heavy atom. The zero-order chi connectivity index (χ0) is 36.6. The number of alkyl halides is 3. The summed E-state index contributed by atoms with van der Waals surface area (Å²) < 4.78 is 49.2. The van der Waals surface area contributed by atoms with E-state index in [2.05, 4.69) is 79.7 Å². The molecule has 0 aromatic heterocycles. The highest BCUT2D eigenvalue weighted by Gasteiger charge is 2.15. The molecule has 0 spiro atoms. The van der Waals surface area contributed by atoms with Crippen molar-refractivity contribution < 1.29 is 27.1 Å². The van der Waals surface area contributed by atoms with Crippen LogP contribution in [0.4, 0.5) is 17.6 Å². The van der Waals surface area contributed by atoms with Crippen molar-refractivity contribution >= 4 is 5.78 Å². The fourth-order valence-electron chi connectivity index (χ4n) is 4.50. The second-order valence-electron chi connectivity index (χ2n) is 12.8. The molecule has 3 aromatic rings. The van der Waals surface area contributed by atoms with Crippen molar-refractivity contribution in [3.05, 3.63) is 99.9 Å². The Kier molecular flexibility index (Phi) is 24.4. The number of rotatable bonds is 10. The zero-order valence-corrected chi connectivity index (χ0v) is 31.3. The Bertz CT molecular complexity index is 1210. The molecule has 0 saturated carbocycles. The van der Waals surface area contributed by atoms with Gasteiger partial charge in [0.2, 0.25) is 0 Å². The molecule has 266 valence electrons. The third kappa shape index (κ3) is 26.6. The monoisotopic (exact) mass is 662 g/mol. The summed E-state index contributed by atoms with van der Waals surface area (Å²) >= 11 is 0. The van der Waals surface area contributed by atoms with Crippen molar-refractivity contribution in [2.45, 2.75) is 134 Å². The fraction of sp³-hybridized carbons (Fsp3) is 0.537. The third-order valence-electron chi connectivity index (χ3n) is 7.05. The minimum atomic E-state index is -4.00. The molecule has 0 heterocycles. The first-order chi connectivity index (χ1) is 21.8. The largest absolute Gasteiger partial charge is 0.494 e. The smallest absolute Gasteiger partial charge is 0.386 e. The fourth-order valence-corrected chi connectivity index (χ4v) is 4.50. The predicted molar refractivity (Wildman–Crippen MR) is 193 cm³/mol. The summed E-state index contributed by atoms with van der Waals surface area (Å²) in [6.45, 7) is 23.9. The lowest BCUT2D eigenvalue weighted by atomic mass is 9.84. The van der Waals surface area contributed by atoms with E-state index < -0.39 is 6.18 Å². The number of aryl methyl sites for hydroxylation is 5. The van der Waals surface area contributed by atoms with E-state index in [0.29, 0.717) is 5.41 Å². The quantitative estimate of drug-likeness (QED) is 0.123. The average molecular weight is 663 g/mol. The first-order valence-electron chi connectivity index (χ1n) is 16.9. The van der Waals surface area contributed by atoms with Crippen LogP contribution < -0.4 is 4.74 Å². The molecule has 3 aromatic carbocycles. The Hall–Kier alpha value is -3.15. The molecule has 0 saturated heterocycles. The van der Waals surface area contributed by atoms with Crippen molar-refractivity contribution in [3.63, 3.8) is 0 Å². The van der Waals surface area contributed by atoms with Crippen molar-refractivity contribution in [2.24, 2.45) is 5.41 Å². The Labute approximate surface area is 284 Å². The number of halogens is 4. The van der Waals surface area contributed by atoms with Gasteiger partial charge in [-0.25, -0.2) is 4.39 Å². The minimum Gasteiger partial charge on any atom is -0.494 e. The first-order valence-corrected chi connectivity index (χ1v) is 16.9. The van der Waals surface area contributed by atoms with Crippen LogP contribution in [0.3, 0.4) is 0 Å². The SMILES string of the molecule is CC(F)(F)F.CCCC(C)(C)CCC.CCCCOc1ccc(C(C)=O)c(C)c1.CCc1ccc(F)c(C)c1.Cc1ccc(C)cc1. The van der Waals surface area contributed by atoms with Crippen LogP contribution in [-0.4, -0.2) is 18.6 Å². The summed E-state index contributed by atoms with van der Waals surface area (Å²) in [5.74, 6) is 0.843. The zero-order valence-electron chi connectivity index (χ0n) is 31.3. The van der Waals surface area contributed by atoms with Crippen LogP contribution >= 0.6 is 0 Å². The summed E-state index contributed by atoms with van der Waals surface area (Å²) in [7, 11) is 0. The number of unbranched alkanes of at least 4 members (excludes halogenated alkanes) is 1. The molecular weight excluding hydrogens is 600 g/mol. The molecule has 0 aliphatic carbocycles. The van der Waals surface area contributed by atoms with E-state index in [4.69, 9.17) is 4.74 Å². The van der Waals surface area contributed by atoms with Crippen LogP contribution in [0.2, 0.25) is 0 Å². The van der Waals surface area contributed by atoms with E-state index in [1.54, 1.807) is 13.8 Å². The summed E-state index contributed by atoms with van der Waals surface area (Å²) in [5, 5.41) is 0. The van der Waals surface area contributed by atoms with Crippen molar-refractivity contribution in [2.75, 3.05) is 6.61 Å². The number of ketones is 1. The van der Waals surface area contributed by atoms with Crippen LogP contribution in [0.25, 0.3) is 0 Å². The molecule has 0 aliphatic heterocycles. The number of hydrogen-bond acceptors (Lipinski definition) is 2. The summed E-state index contributed by atoms with van der Waals surface area (Å²) in [4.78, 5) is 11.2. The van der Waals surface area contributed by atoms with Crippen molar-refractivity contribution in [1.29, 1.82) is 0 Å². The lowest BCUT2D eigenvalue weighted by Gasteiger charge is -2.22. The maximum Gasteiger partial charge on any atom is 0.386 e.